The topological polar surface area (TPSA) is 87.7 Å². The molecule has 6 heteroatoms. The van der Waals surface area contributed by atoms with Crippen LogP contribution >= 0.6 is 0 Å². The number of rotatable bonds is 6. The Bertz CT molecular complexity index is 287. The summed E-state index contributed by atoms with van der Waals surface area (Å²) in [5.74, 6) is -1.09. The summed E-state index contributed by atoms with van der Waals surface area (Å²) in [6.45, 7) is 9.26. The van der Waals surface area contributed by atoms with Gasteiger partial charge in [-0.15, -0.1) is 0 Å². The van der Waals surface area contributed by atoms with E-state index < -0.39 is 23.1 Å². The first-order chi connectivity index (χ1) is 7.60. The van der Waals surface area contributed by atoms with E-state index in [1.165, 1.54) is 13.8 Å². The molecule has 0 aromatic heterocycles. The quantitative estimate of drug-likeness (QED) is 0.651. The van der Waals surface area contributed by atoms with Gasteiger partial charge in [0.25, 0.3) is 0 Å². The van der Waals surface area contributed by atoms with Gasteiger partial charge >= 0.3 is 12.0 Å². The summed E-state index contributed by atoms with van der Waals surface area (Å²) in [5, 5.41) is 13.8. The van der Waals surface area contributed by atoms with Crippen molar-refractivity contribution in [1.29, 1.82) is 0 Å². The van der Waals surface area contributed by atoms with Gasteiger partial charge in [-0.05, 0) is 34.6 Å². The van der Waals surface area contributed by atoms with Crippen LogP contribution < -0.4 is 10.6 Å². The fourth-order valence-corrected chi connectivity index (χ4v) is 1.12. The number of hydrogen-bond acceptors (Lipinski definition) is 3. The van der Waals surface area contributed by atoms with E-state index in [0.717, 1.165) is 0 Å². The Morgan fingerprint density at radius 1 is 1.24 bits per heavy atom. The Labute approximate surface area is 102 Å². The fraction of sp³-hybridized carbons (Fsp3) is 0.818. The van der Waals surface area contributed by atoms with Crippen LogP contribution in [0.1, 0.15) is 34.6 Å². The van der Waals surface area contributed by atoms with Crippen LogP contribution in [0.5, 0.6) is 0 Å². The maximum absolute atomic E-state index is 11.5. The summed E-state index contributed by atoms with van der Waals surface area (Å²) in [6, 6.07) is -0.523. The van der Waals surface area contributed by atoms with Gasteiger partial charge in [0.1, 0.15) is 5.54 Å². The van der Waals surface area contributed by atoms with Crippen molar-refractivity contribution in [2.75, 3.05) is 13.2 Å². The minimum Gasteiger partial charge on any atom is -0.480 e. The molecule has 0 aromatic carbocycles. The Balaban J connectivity index is 4.17. The second-order valence-electron chi connectivity index (χ2n) is 4.93. The summed E-state index contributed by atoms with van der Waals surface area (Å²) in [4.78, 5) is 22.3. The second kappa shape index (κ2) is 5.86. The lowest BCUT2D eigenvalue weighted by molar-refractivity contribution is -0.142. The fourth-order valence-electron chi connectivity index (χ4n) is 1.12. The Morgan fingerprint density at radius 2 is 1.76 bits per heavy atom. The number of carbonyl (C=O) groups is 2. The molecule has 0 rings (SSSR count). The molecule has 0 saturated heterocycles. The van der Waals surface area contributed by atoms with Gasteiger partial charge in [0.2, 0.25) is 0 Å². The maximum Gasteiger partial charge on any atom is 0.328 e. The lowest BCUT2D eigenvalue weighted by Gasteiger charge is -2.26. The van der Waals surface area contributed by atoms with E-state index in [9.17, 15) is 9.59 Å². The molecular formula is C11H22N2O4. The van der Waals surface area contributed by atoms with Gasteiger partial charge in [-0.2, -0.15) is 0 Å². The standard InChI is InChI=1S/C11H22N2O4/c1-6-17-10(2,3)7-12-9(16)13-11(4,5)8(14)15/h6-7H2,1-5H3,(H,14,15)(H2,12,13,16). The van der Waals surface area contributed by atoms with E-state index in [2.05, 4.69) is 10.6 Å². The average molecular weight is 246 g/mol. The zero-order valence-electron chi connectivity index (χ0n) is 11.1. The average Bonchev–Trinajstić information content (AvgIpc) is 2.14. The number of carbonyl (C=O) groups excluding carboxylic acids is 1. The van der Waals surface area contributed by atoms with Crippen LogP contribution in [0.25, 0.3) is 0 Å². The third-order valence-electron chi connectivity index (χ3n) is 2.17. The van der Waals surface area contributed by atoms with Gasteiger partial charge in [0, 0.05) is 13.2 Å². The third-order valence-corrected chi connectivity index (χ3v) is 2.17. The molecule has 3 N–H and O–H groups in total. The maximum atomic E-state index is 11.5. The van der Waals surface area contributed by atoms with Crippen molar-refractivity contribution in [3.8, 4) is 0 Å². The highest BCUT2D eigenvalue weighted by molar-refractivity contribution is 5.85. The summed E-state index contributed by atoms with van der Waals surface area (Å²) in [5.41, 5.74) is -1.76. The largest absolute Gasteiger partial charge is 0.480 e. The molecule has 0 saturated carbocycles. The van der Waals surface area contributed by atoms with Gasteiger partial charge in [0.05, 0.1) is 5.60 Å². The van der Waals surface area contributed by atoms with Crippen LogP contribution in [0, 0.1) is 0 Å². The summed E-state index contributed by atoms with van der Waals surface area (Å²) in [7, 11) is 0. The molecule has 2 amide bonds. The molecule has 0 heterocycles. The predicted molar refractivity (Wildman–Crippen MR) is 64.0 cm³/mol. The second-order valence-corrected chi connectivity index (χ2v) is 4.93. The first-order valence-electron chi connectivity index (χ1n) is 5.54. The number of hydrogen-bond donors (Lipinski definition) is 3. The van der Waals surface area contributed by atoms with Crippen molar-refractivity contribution in [3.63, 3.8) is 0 Å². The van der Waals surface area contributed by atoms with Gasteiger partial charge in [0.15, 0.2) is 0 Å². The number of carboxylic acids is 1. The molecule has 0 aliphatic carbocycles. The van der Waals surface area contributed by atoms with Gasteiger partial charge in [-0.1, -0.05) is 0 Å². The van der Waals surface area contributed by atoms with E-state index in [0.29, 0.717) is 13.2 Å². The van der Waals surface area contributed by atoms with Crippen molar-refractivity contribution in [2.24, 2.45) is 0 Å². The molecule has 0 unspecified atom stereocenters. The minimum absolute atomic E-state index is 0.308. The number of carboxylic acid groups (broad SMARTS) is 1. The number of nitrogens with one attached hydrogen (secondary N) is 2. The predicted octanol–water partition coefficient (Wildman–Crippen LogP) is 0.964. The molecule has 0 aliphatic rings. The highest BCUT2D eigenvalue weighted by Gasteiger charge is 2.29. The Kier molecular flexibility index (Phi) is 5.41. The third kappa shape index (κ3) is 6.11. The van der Waals surface area contributed by atoms with Gasteiger partial charge in [-0.3, -0.25) is 0 Å². The number of amides is 2. The molecule has 0 aromatic rings. The molecule has 0 radical (unpaired) electrons. The Morgan fingerprint density at radius 3 is 2.18 bits per heavy atom. The minimum atomic E-state index is -1.29. The number of ether oxygens (including phenoxy) is 1. The summed E-state index contributed by atoms with van der Waals surface area (Å²) >= 11 is 0. The molecule has 0 fully saturated rings. The van der Waals surface area contributed by atoms with Gasteiger partial charge in [-0.25, -0.2) is 9.59 Å². The molecule has 0 bridgehead atoms. The van der Waals surface area contributed by atoms with Crippen LogP contribution in [-0.2, 0) is 9.53 Å². The number of urea groups is 1. The van der Waals surface area contributed by atoms with E-state index in [1.807, 2.05) is 20.8 Å². The van der Waals surface area contributed by atoms with Crippen LogP contribution in [0.15, 0.2) is 0 Å². The van der Waals surface area contributed by atoms with Crippen molar-refractivity contribution in [1.82, 2.24) is 10.6 Å². The van der Waals surface area contributed by atoms with Crippen LogP contribution in [0.4, 0.5) is 4.79 Å². The van der Waals surface area contributed by atoms with Crippen molar-refractivity contribution in [2.45, 2.75) is 45.8 Å². The zero-order valence-corrected chi connectivity index (χ0v) is 11.1. The zero-order chi connectivity index (χ0) is 13.7. The first kappa shape index (κ1) is 15.7. The molecule has 0 aliphatic heterocycles. The smallest absolute Gasteiger partial charge is 0.328 e. The van der Waals surface area contributed by atoms with Crippen molar-refractivity contribution < 1.29 is 19.4 Å². The summed E-state index contributed by atoms with van der Waals surface area (Å²) in [6.07, 6.45) is 0. The normalized spacial score (nSPS) is 12.1. The van der Waals surface area contributed by atoms with Crippen LogP contribution in [-0.4, -0.2) is 41.4 Å². The highest BCUT2D eigenvalue weighted by Crippen LogP contribution is 2.07. The lowest BCUT2D eigenvalue weighted by Crippen LogP contribution is -2.55. The van der Waals surface area contributed by atoms with E-state index >= 15 is 0 Å². The van der Waals surface area contributed by atoms with Crippen molar-refractivity contribution >= 4 is 12.0 Å². The lowest BCUT2D eigenvalue weighted by atomic mass is 10.1. The molecule has 0 atom stereocenters. The van der Waals surface area contributed by atoms with E-state index in [-0.39, 0.29) is 0 Å². The molecule has 6 nitrogen and oxygen atoms in total. The Hall–Kier alpha value is -1.30. The molecular weight excluding hydrogens is 224 g/mol. The van der Waals surface area contributed by atoms with Crippen LogP contribution in [0.2, 0.25) is 0 Å². The summed E-state index contributed by atoms with van der Waals surface area (Å²) < 4.78 is 5.40. The SMILES string of the molecule is CCOC(C)(C)CNC(=O)NC(C)(C)C(=O)O. The van der Waals surface area contributed by atoms with E-state index in [1.54, 1.807) is 0 Å². The van der Waals surface area contributed by atoms with E-state index in [4.69, 9.17) is 9.84 Å². The monoisotopic (exact) mass is 246 g/mol. The molecule has 17 heavy (non-hydrogen) atoms. The molecule has 100 valence electrons. The molecule has 0 spiro atoms. The first-order valence-corrected chi connectivity index (χ1v) is 5.54. The highest BCUT2D eigenvalue weighted by atomic mass is 16.5. The van der Waals surface area contributed by atoms with Crippen LogP contribution in [0.3, 0.4) is 0 Å². The van der Waals surface area contributed by atoms with Gasteiger partial charge < -0.3 is 20.5 Å². The van der Waals surface area contributed by atoms with Crippen molar-refractivity contribution in [3.05, 3.63) is 0 Å². The number of aliphatic carboxylic acids is 1.